The van der Waals surface area contributed by atoms with Crippen LogP contribution in [0.15, 0.2) is 48.7 Å². The molecule has 1 aromatic heterocycles. The van der Waals surface area contributed by atoms with Crippen LogP contribution in [0, 0.1) is 0 Å². The Labute approximate surface area is 149 Å². The third-order valence-electron chi connectivity index (χ3n) is 4.56. The van der Waals surface area contributed by atoms with E-state index in [-0.39, 0.29) is 5.91 Å². The minimum Gasteiger partial charge on any atom is -0.355 e. The van der Waals surface area contributed by atoms with Crippen molar-refractivity contribution >= 4 is 11.7 Å². The number of carbonyl (C=O) groups is 1. The number of aromatic nitrogens is 1. The molecule has 2 heterocycles. The maximum atomic E-state index is 12.2. The van der Waals surface area contributed by atoms with Crippen LogP contribution in [-0.2, 0) is 6.54 Å². The molecule has 5 heteroatoms. The van der Waals surface area contributed by atoms with E-state index in [1.54, 1.807) is 31.3 Å². The highest BCUT2D eigenvalue weighted by Crippen LogP contribution is 2.17. The molecule has 1 aliphatic heterocycles. The van der Waals surface area contributed by atoms with Gasteiger partial charge in [-0.05, 0) is 24.1 Å². The Bertz CT molecular complexity index is 702. The monoisotopic (exact) mass is 338 g/mol. The van der Waals surface area contributed by atoms with Crippen LogP contribution in [0.2, 0.25) is 0 Å². The summed E-state index contributed by atoms with van der Waals surface area (Å²) >= 11 is 0. The topological polar surface area (TPSA) is 39.7 Å². The van der Waals surface area contributed by atoms with E-state index in [1.165, 1.54) is 5.56 Å². The van der Waals surface area contributed by atoms with Gasteiger partial charge in [-0.2, -0.15) is 0 Å². The van der Waals surface area contributed by atoms with E-state index in [0.717, 1.165) is 45.0 Å². The molecule has 132 valence electrons. The van der Waals surface area contributed by atoms with Crippen LogP contribution in [0.3, 0.4) is 0 Å². The van der Waals surface area contributed by atoms with Crippen LogP contribution >= 0.6 is 0 Å². The molecular formula is C20H26N4O. The van der Waals surface area contributed by atoms with Crippen molar-refractivity contribution in [2.24, 2.45) is 0 Å². The number of hydrogen-bond donors (Lipinski definition) is 0. The molecule has 25 heavy (non-hydrogen) atoms. The van der Waals surface area contributed by atoms with Gasteiger partial charge >= 0.3 is 0 Å². The second-order valence-electron chi connectivity index (χ2n) is 6.70. The van der Waals surface area contributed by atoms with Gasteiger partial charge in [-0.3, -0.25) is 9.69 Å². The Kier molecular flexibility index (Phi) is 5.66. The molecule has 0 N–H and O–H groups in total. The molecular weight excluding hydrogens is 312 g/mol. The maximum absolute atomic E-state index is 12.2. The summed E-state index contributed by atoms with van der Waals surface area (Å²) < 4.78 is 0. The predicted octanol–water partition coefficient (Wildman–Crippen LogP) is 2.50. The zero-order valence-electron chi connectivity index (χ0n) is 15.1. The standard InChI is InChI=1S/C20H26N4O/c1-22(2)20(25)18-9-10-21-19(15-18)24-12-6-11-23(13-14-24)16-17-7-4-3-5-8-17/h3-5,7-10,15H,6,11-14,16H2,1-2H3. The van der Waals surface area contributed by atoms with Crippen molar-refractivity contribution in [2.45, 2.75) is 13.0 Å². The number of carbonyl (C=O) groups excluding carboxylic acids is 1. The molecule has 0 aliphatic carbocycles. The number of anilines is 1. The van der Waals surface area contributed by atoms with Gasteiger partial charge < -0.3 is 9.80 Å². The molecule has 1 aliphatic rings. The van der Waals surface area contributed by atoms with Crippen LogP contribution in [0.1, 0.15) is 22.3 Å². The van der Waals surface area contributed by atoms with Gasteiger partial charge in [-0.25, -0.2) is 4.98 Å². The molecule has 0 atom stereocenters. The normalized spacial score (nSPS) is 15.7. The molecule has 0 radical (unpaired) electrons. The van der Waals surface area contributed by atoms with E-state index in [1.807, 2.05) is 6.07 Å². The molecule has 1 aromatic carbocycles. The van der Waals surface area contributed by atoms with Crippen LogP contribution in [0.25, 0.3) is 0 Å². The van der Waals surface area contributed by atoms with Crippen LogP contribution in [0.4, 0.5) is 5.82 Å². The fourth-order valence-corrected chi connectivity index (χ4v) is 3.18. The molecule has 3 rings (SSSR count). The average molecular weight is 338 g/mol. The van der Waals surface area contributed by atoms with E-state index >= 15 is 0 Å². The summed E-state index contributed by atoms with van der Waals surface area (Å²) in [6.07, 6.45) is 2.83. The lowest BCUT2D eigenvalue weighted by molar-refractivity contribution is 0.0827. The minimum absolute atomic E-state index is 0.0178. The number of rotatable bonds is 4. The third kappa shape index (κ3) is 4.57. The Morgan fingerprint density at radius 3 is 2.64 bits per heavy atom. The Morgan fingerprint density at radius 2 is 1.88 bits per heavy atom. The summed E-state index contributed by atoms with van der Waals surface area (Å²) in [5.74, 6) is 0.915. The molecule has 1 saturated heterocycles. The van der Waals surface area contributed by atoms with E-state index in [2.05, 4.69) is 45.1 Å². The first kappa shape index (κ1) is 17.4. The number of benzene rings is 1. The van der Waals surface area contributed by atoms with Crippen LogP contribution in [0.5, 0.6) is 0 Å². The molecule has 5 nitrogen and oxygen atoms in total. The lowest BCUT2D eigenvalue weighted by Crippen LogP contribution is -2.31. The van der Waals surface area contributed by atoms with Crippen LogP contribution in [-0.4, -0.2) is 61.0 Å². The summed E-state index contributed by atoms with van der Waals surface area (Å²) in [6.45, 7) is 4.97. The maximum Gasteiger partial charge on any atom is 0.253 e. The SMILES string of the molecule is CN(C)C(=O)c1ccnc(N2CCCN(Cc3ccccc3)CC2)c1. The van der Waals surface area contributed by atoms with Gasteiger partial charge in [0.25, 0.3) is 5.91 Å². The van der Waals surface area contributed by atoms with Crippen molar-refractivity contribution in [1.29, 1.82) is 0 Å². The molecule has 1 fully saturated rings. The first-order valence-electron chi connectivity index (χ1n) is 8.82. The van der Waals surface area contributed by atoms with Crippen molar-refractivity contribution in [3.8, 4) is 0 Å². The fourth-order valence-electron chi connectivity index (χ4n) is 3.18. The van der Waals surface area contributed by atoms with Crippen molar-refractivity contribution in [2.75, 3.05) is 45.2 Å². The molecule has 0 unspecified atom stereocenters. The summed E-state index contributed by atoms with van der Waals surface area (Å²) in [5.41, 5.74) is 2.05. The van der Waals surface area contributed by atoms with Gasteiger partial charge in [0.15, 0.2) is 0 Å². The van der Waals surface area contributed by atoms with Crippen molar-refractivity contribution in [3.05, 3.63) is 59.8 Å². The van der Waals surface area contributed by atoms with E-state index < -0.39 is 0 Å². The minimum atomic E-state index is 0.0178. The number of nitrogens with zero attached hydrogens (tertiary/aromatic N) is 4. The quantitative estimate of drug-likeness (QED) is 0.859. The smallest absolute Gasteiger partial charge is 0.253 e. The van der Waals surface area contributed by atoms with Crippen molar-refractivity contribution < 1.29 is 4.79 Å². The summed E-state index contributed by atoms with van der Waals surface area (Å²) in [7, 11) is 3.55. The second-order valence-corrected chi connectivity index (χ2v) is 6.70. The summed E-state index contributed by atoms with van der Waals surface area (Å²) in [5, 5.41) is 0. The highest BCUT2D eigenvalue weighted by atomic mass is 16.2. The largest absolute Gasteiger partial charge is 0.355 e. The van der Waals surface area contributed by atoms with E-state index in [0.29, 0.717) is 5.56 Å². The van der Waals surface area contributed by atoms with Gasteiger partial charge in [0, 0.05) is 58.6 Å². The third-order valence-corrected chi connectivity index (χ3v) is 4.56. The summed E-state index contributed by atoms with van der Waals surface area (Å²) in [6, 6.07) is 14.3. The number of pyridine rings is 1. The highest BCUT2D eigenvalue weighted by Gasteiger charge is 2.17. The Balaban J connectivity index is 1.65. The zero-order chi connectivity index (χ0) is 17.6. The molecule has 0 spiro atoms. The molecule has 0 saturated carbocycles. The average Bonchev–Trinajstić information content (AvgIpc) is 2.87. The van der Waals surface area contributed by atoms with Gasteiger partial charge in [0.2, 0.25) is 0 Å². The van der Waals surface area contributed by atoms with Crippen molar-refractivity contribution in [1.82, 2.24) is 14.8 Å². The van der Waals surface area contributed by atoms with E-state index in [9.17, 15) is 4.79 Å². The van der Waals surface area contributed by atoms with Gasteiger partial charge in [0.05, 0.1) is 0 Å². The molecule has 2 aromatic rings. The molecule has 1 amide bonds. The lowest BCUT2D eigenvalue weighted by atomic mass is 10.2. The summed E-state index contributed by atoms with van der Waals surface area (Å²) in [4.78, 5) is 23.0. The lowest BCUT2D eigenvalue weighted by Gasteiger charge is -2.23. The van der Waals surface area contributed by atoms with Crippen molar-refractivity contribution in [3.63, 3.8) is 0 Å². The second kappa shape index (κ2) is 8.12. The molecule has 0 bridgehead atoms. The highest BCUT2D eigenvalue weighted by molar-refractivity contribution is 5.94. The Hall–Kier alpha value is -2.40. The Morgan fingerprint density at radius 1 is 1.08 bits per heavy atom. The van der Waals surface area contributed by atoms with Crippen LogP contribution < -0.4 is 4.90 Å². The van der Waals surface area contributed by atoms with Gasteiger partial charge in [-0.15, -0.1) is 0 Å². The fraction of sp³-hybridized carbons (Fsp3) is 0.400. The van der Waals surface area contributed by atoms with Gasteiger partial charge in [0.1, 0.15) is 5.82 Å². The first-order valence-corrected chi connectivity index (χ1v) is 8.82. The van der Waals surface area contributed by atoms with Gasteiger partial charge in [-0.1, -0.05) is 30.3 Å². The zero-order valence-corrected chi connectivity index (χ0v) is 15.1. The first-order chi connectivity index (χ1) is 12.1. The number of amides is 1. The van der Waals surface area contributed by atoms with E-state index in [4.69, 9.17) is 0 Å². The number of hydrogen-bond acceptors (Lipinski definition) is 4. The predicted molar refractivity (Wildman–Crippen MR) is 101 cm³/mol.